The molecule has 2 aliphatic carbocycles. The van der Waals surface area contributed by atoms with Gasteiger partial charge in [0.05, 0.1) is 6.61 Å². The Kier molecular flexibility index (Phi) is 5.23. The monoisotopic (exact) mass is 294 g/mol. The molecule has 2 saturated carbocycles. The van der Waals surface area contributed by atoms with Gasteiger partial charge in [-0.25, -0.2) is 0 Å². The molecule has 0 radical (unpaired) electrons. The van der Waals surface area contributed by atoms with E-state index in [1.165, 1.54) is 70.9 Å². The van der Waals surface area contributed by atoms with E-state index in [9.17, 15) is 5.11 Å². The molecule has 0 bridgehead atoms. The lowest BCUT2D eigenvalue weighted by Gasteiger charge is -2.44. The standard InChI is InChI=1S/C18H34N2O/c1-2-15-5-4-11-20(12-9-15)17-6-3-10-18(13-17,14-21)19-16-7-8-16/h15-17,19,21H,2-14H2,1H3. The van der Waals surface area contributed by atoms with E-state index in [2.05, 4.69) is 17.1 Å². The first-order chi connectivity index (χ1) is 10.2. The van der Waals surface area contributed by atoms with Crippen molar-refractivity contribution >= 4 is 0 Å². The van der Waals surface area contributed by atoms with Crippen LogP contribution >= 0.6 is 0 Å². The van der Waals surface area contributed by atoms with Crippen LogP contribution in [0.2, 0.25) is 0 Å². The summed E-state index contributed by atoms with van der Waals surface area (Å²) in [5.41, 5.74) is 0.0283. The highest BCUT2D eigenvalue weighted by molar-refractivity contribution is 5.00. The third kappa shape index (κ3) is 4.00. The summed E-state index contributed by atoms with van der Waals surface area (Å²) in [5, 5.41) is 13.8. The van der Waals surface area contributed by atoms with Gasteiger partial charge in [0, 0.05) is 17.6 Å². The van der Waals surface area contributed by atoms with Gasteiger partial charge in [0.15, 0.2) is 0 Å². The van der Waals surface area contributed by atoms with Crippen LogP contribution in [0.4, 0.5) is 0 Å². The van der Waals surface area contributed by atoms with Crippen molar-refractivity contribution in [3.63, 3.8) is 0 Å². The van der Waals surface area contributed by atoms with Gasteiger partial charge in [-0.15, -0.1) is 0 Å². The Hall–Kier alpha value is -0.120. The zero-order chi connectivity index (χ0) is 14.7. The Labute approximate surface area is 130 Å². The van der Waals surface area contributed by atoms with Crippen LogP contribution in [-0.4, -0.2) is 47.3 Å². The smallest absolute Gasteiger partial charge is 0.0613 e. The van der Waals surface area contributed by atoms with E-state index < -0.39 is 0 Å². The Morgan fingerprint density at radius 2 is 1.95 bits per heavy atom. The van der Waals surface area contributed by atoms with Crippen molar-refractivity contribution < 1.29 is 5.11 Å². The molecular formula is C18H34N2O. The molecule has 1 saturated heterocycles. The number of rotatable bonds is 5. The summed E-state index contributed by atoms with van der Waals surface area (Å²) < 4.78 is 0. The number of nitrogens with one attached hydrogen (secondary N) is 1. The molecular weight excluding hydrogens is 260 g/mol. The third-order valence-electron chi connectivity index (χ3n) is 6.19. The summed E-state index contributed by atoms with van der Waals surface area (Å²) in [7, 11) is 0. The van der Waals surface area contributed by atoms with Crippen molar-refractivity contribution in [1.82, 2.24) is 10.2 Å². The zero-order valence-corrected chi connectivity index (χ0v) is 13.8. The minimum Gasteiger partial charge on any atom is -0.394 e. The quantitative estimate of drug-likeness (QED) is 0.818. The van der Waals surface area contributed by atoms with Gasteiger partial charge in [-0.1, -0.05) is 13.3 Å². The summed E-state index contributed by atoms with van der Waals surface area (Å²) in [4.78, 5) is 2.76. The predicted molar refractivity (Wildman–Crippen MR) is 87.4 cm³/mol. The number of likely N-dealkylation sites (tertiary alicyclic amines) is 1. The van der Waals surface area contributed by atoms with E-state index >= 15 is 0 Å². The largest absolute Gasteiger partial charge is 0.394 e. The van der Waals surface area contributed by atoms with Gasteiger partial charge < -0.3 is 15.3 Å². The number of hydrogen-bond donors (Lipinski definition) is 2. The van der Waals surface area contributed by atoms with Crippen LogP contribution in [0.5, 0.6) is 0 Å². The maximum atomic E-state index is 9.99. The SMILES string of the molecule is CCC1CCCN(C2CCCC(CO)(NC3CC3)C2)CC1. The molecule has 0 aromatic heterocycles. The Morgan fingerprint density at radius 3 is 2.67 bits per heavy atom. The van der Waals surface area contributed by atoms with Gasteiger partial charge in [0.2, 0.25) is 0 Å². The Balaban J connectivity index is 1.59. The molecule has 3 nitrogen and oxygen atoms in total. The summed E-state index contributed by atoms with van der Waals surface area (Å²) in [6, 6.07) is 1.40. The van der Waals surface area contributed by atoms with Crippen molar-refractivity contribution in [3.8, 4) is 0 Å². The highest BCUT2D eigenvalue weighted by Crippen LogP contribution is 2.35. The molecule has 0 aromatic carbocycles. The van der Waals surface area contributed by atoms with Crippen molar-refractivity contribution in [2.45, 2.75) is 88.8 Å². The average Bonchev–Trinajstić information content (AvgIpc) is 3.33. The van der Waals surface area contributed by atoms with Gasteiger partial charge in [-0.05, 0) is 76.8 Å². The van der Waals surface area contributed by atoms with Gasteiger partial charge in [-0.2, -0.15) is 0 Å². The molecule has 2 N–H and O–H groups in total. The summed E-state index contributed by atoms with van der Waals surface area (Å²) in [5.74, 6) is 0.950. The number of aliphatic hydroxyl groups is 1. The van der Waals surface area contributed by atoms with Crippen molar-refractivity contribution in [3.05, 3.63) is 0 Å². The average molecular weight is 294 g/mol. The van der Waals surface area contributed by atoms with Gasteiger partial charge >= 0.3 is 0 Å². The first-order valence-electron chi connectivity index (χ1n) is 9.37. The highest BCUT2D eigenvalue weighted by Gasteiger charge is 2.41. The molecule has 3 fully saturated rings. The van der Waals surface area contributed by atoms with E-state index in [0.717, 1.165) is 12.3 Å². The number of nitrogens with zero attached hydrogens (tertiary/aromatic N) is 1. The van der Waals surface area contributed by atoms with Crippen molar-refractivity contribution in [2.75, 3.05) is 19.7 Å². The fraction of sp³-hybridized carbons (Fsp3) is 1.00. The second kappa shape index (κ2) is 6.97. The maximum absolute atomic E-state index is 9.99. The minimum atomic E-state index is 0.0283. The molecule has 3 heteroatoms. The van der Waals surface area contributed by atoms with Gasteiger partial charge in [-0.3, -0.25) is 0 Å². The fourth-order valence-electron chi connectivity index (χ4n) is 4.58. The molecule has 0 aromatic rings. The lowest BCUT2D eigenvalue weighted by atomic mass is 9.78. The molecule has 3 rings (SSSR count). The summed E-state index contributed by atoms with van der Waals surface area (Å²) in [6.45, 7) is 5.24. The van der Waals surface area contributed by atoms with E-state index in [1.807, 2.05) is 0 Å². The van der Waals surface area contributed by atoms with Crippen molar-refractivity contribution in [1.29, 1.82) is 0 Å². The van der Waals surface area contributed by atoms with Gasteiger partial charge in [0.25, 0.3) is 0 Å². The summed E-state index contributed by atoms with van der Waals surface area (Å²) in [6.07, 6.45) is 13.1. The topological polar surface area (TPSA) is 35.5 Å². The van der Waals surface area contributed by atoms with E-state index in [1.54, 1.807) is 0 Å². The van der Waals surface area contributed by atoms with Crippen LogP contribution in [0.1, 0.15) is 71.1 Å². The molecule has 0 spiro atoms. The lowest BCUT2D eigenvalue weighted by molar-refractivity contribution is 0.0588. The first kappa shape index (κ1) is 15.8. The Bertz CT molecular complexity index is 331. The lowest BCUT2D eigenvalue weighted by Crippen LogP contribution is -2.56. The van der Waals surface area contributed by atoms with Crippen molar-refractivity contribution in [2.24, 2.45) is 5.92 Å². The van der Waals surface area contributed by atoms with Crippen LogP contribution in [-0.2, 0) is 0 Å². The van der Waals surface area contributed by atoms with Gasteiger partial charge in [0.1, 0.15) is 0 Å². The van der Waals surface area contributed by atoms with E-state index in [4.69, 9.17) is 0 Å². The molecule has 3 unspecified atom stereocenters. The molecule has 0 amide bonds. The molecule has 122 valence electrons. The second-order valence-corrected chi connectivity index (χ2v) is 7.85. The molecule has 3 atom stereocenters. The molecule has 3 aliphatic rings. The van der Waals surface area contributed by atoms with Crippen LogP contribution in [0.15, 0.2) is 0 Å². The maximum Gasteiger partial charge on any atom is 0.0613 e. The fourth-order valence-corrected chi connectivity index (χ4v) is 4.58. The normalized spacial score (nSPS) is 39.1. The zero-order valence-electron chi connectivity index (χ0n) is 13.8. The Morgan fingerprint density at radius 1 is 1.10 bits per heavy atom. The molecule has 21 heavy (non-hydrogen) atoms. The van der Waals surface area contributed by atoms with Crippen LogP contribution in [0.3, 0.4) is 0 Å². The first-order valence-corrected chi connectivity index (χ1v) is 9.37. The second-order valence-electron chi connectivity index (χ2n) is 7.85. The van der Waals surface area contributed by atoms with Crippen LogP contribution in [0.25, 0.3) is 0 Å². The van der Waals surface area contributed by atoms with E-state index in [-0.39, 0.29) is 5.54 Å². The van der Waals surface area contributed by atoms with Crippen LogP contribution < -0.4 is 5.32 Å². The number of hydrogen-bond acceptors (Lipinski definition) is 3. The van der Waals surface area contributed by atoms with E-state index in [0.29, 0.717) is 18.7 Å². The number of aliphatic hydroxyl groups excluding tert-OH is 1. The molecule has 1 heterocycles. The molecule has 1 aliphatic heterocycles. The summed E-state index contributed by atoms with van der Waals surface area (Å²) >= 11 is 0. The highest BCUT2D eigenvalue weighted by atomic mass is 16.3. The third-order valence-corrected chi connectivity index (χ3v) is 6.19. The van der Waals surface area contributed by atoms with Crippen LogP contribution in [0, 0.1) is 5.92 Å². The predicted octanol–water partition coefficient (Wildman–Crippen LogP) is 2.92. The minimum absolute atomic E-state index is 0.0283.